The topological polar surface area (TPSA) is 78.9 Å². The van der Waals surface area contributed by atoms with Gasteiger partial charge in [-0.15, -0.1) is 0 Å². The van der Waals surface area contributed by atoms with Crippen molar-refractivity contribution < 1.29 is 9.21 Å². The number of nitrogens with one attached hydrogen (secondary N) is 1. The Morgan fingerprint density at radius 2 is 2.22 bits per heavy atom. The number of fused-ring (bicyclic) bond motifs is 1. The molecule has 1 aliphatic carbocycles. The van der Waals surface area contributed by atoms with E-state index in [9.17, 15) is 4.79 Å². The van der Waals surface area contributed by atoms with Crippen molar-refractivity contribution in [3.8, 4) is 6.07 Å². The molecule has 1 saturated carbocycles. The van der Waals surface area contributed by atoms with Gasteiger partial charge in [0.2, 0.25) is 5.91 Å². The number of amides is 1. The summed E-state index contributed by atoms with van der Waals surface area (Å²) >= 11 is 1.57. The lowest BCUT2D eigenvalue weighted by Crippen LogP contribution is -2.37. The number of nitrogens with zero attached hydrogens (tertiary/aromatic N) is 2. The van der Waals surface area contributed by atoms with Crippen molar-refractivity contribution in [1.82, 2.24) is 10.3 Å². The summed E-state index contributed by atoms with van der Waals surface area (Å²) in [4.78, 5) is 16.7. The van der Waals surface area contributed by atoms with Crippen molar-refractivity contribution in [2.24, 2.45) is 11.8 Å². The number of hydrogen-bond donors (Lipinski definition) is 1. The third-order valence-corrected chi connectivity index (χ3v) is 5.30. The number of benzene rings is 1. The van der Waals surface area contributed by atoms with E-state index in [4.69, 9.17) is 9.68 Å². The maximum Gasteiger partial charge on any atom is 0.256 e. The zero-order valence-corrected chi connectivity index (χ0v) is 13.6. The average molecular weight is 329 g/mol. The smallest absolute Gasteiger partial charge is 0.256 e. The van der Waals surface area contributed by atoms with Crippen molar-refractivity contribution in [3.05, 3.63) is 24.3 Å². The van der Waals surface area contributed by atoms with Crippen LogP contribution in [0.1, 0.15) is 25.7 Å². The summed E-state index contributed by atoms with van der Waals surface area (Å²) in [7, 11) is 0. The van der Waals surface area contributed by atoms with Crippen LogP contribution >= 0.6 is 11.8 Å². The summed E-state index contributed by atoms with van der Waals surface area (Å²) in [6, 6.07) is 9.67. The number of nitriles is 1. The molecule has 1 heterocycles. The molecular formula is C17H19N3O2S. The van der Waals surface area contributed by atoms with Gasteiger partial charge in [0.15, 0.2) is 5.58 Å². The lowest BCUT2D eigenvalue weighted by atomic mass is 9.80. The number of thioether (sulfide) groups is 1. The molecule has 2 atom stereocenters. The molecule has 6 heteroatoms. The average Bonchev–Trinajstić information content (AvgIpc) is 3.01. The van der Waals surface area contributed by atoms with Crippen LogP contribution in [0, 0.1) is 23.2 Å². The molecule has 0 bridgehead atoms. The van der Waals surface area contributed by atoms with E-state index >= 15 is 0 Å². The standard InChI is InChI=1S/C17H19N3O2S/c18-9-10-19-16(21)13-6-2-1-5-12(13)11-23-17-20-14-7-3-4-8-15(14)22-17/h3-4,7-8,12-13H,1-2,5-6,10-11H2,(H,19,21)/t12-,13-/m1/s1. The summed E-state index contributed by atoms with van der Waals surface area (Å²) in [5, 5.41) is 12.0. The number of rotatable bonds is 5. The first-order valence-corrected chi connectivity index (χ1v) is 8.89. The van der Waals surface area contributed by atoms with Crippen LogP contribution in [0.4, 0.5) is 0 Å². The monoisotopic (exact) mass is 329 g/mol. The number of carbonyl (C=O) groups excluding carboxylic acids is 1. The van der Waals surface area contributed by atoms with Gasteiger partial charge in [0.05, 0.1) is 6.07 Å². The van der Waals surface area contributed by atoms with Crippen molar-refractivity contribution in [2.45, 2.75) is 30.9 Å². The summed E-state index contributed by atoms with van der Waals surface area (Å²) in [5.41, 5.74) is 1.66. The second-order valence-electron chi connectivity index (χ2n) is 5.79. The highest BCUT2D eigenvalue weighted by Crippen LogP contribution is 2.35. The minimum atomic E-state index is -0.00558. The predicted octanol–water partition coefficient (Wildman–Crippen LogP) is 3.37. The molecule has 1 fully saturated rings. The van der Waals surface area contributed by atoms with Crippen LogP contribution in [-0.4, -0.2) is 23.2 Å². The molecule has 3 rings (SSSR count). The Balaban J connectivity index is 1.62. The van der Waals surface area contributed by atoms with Crippen LogP contribution in [0.2, 0.25) is 0 Å². The van der Waals surface area contributed by atoms with Crippen LogP contribution in [0.5, 0.6) is 0 Å². The Labute approximate surface area is 139 Å². The molecule has 5 nitrogen and oxygen atoms in total. The molecule has 23 heavy (non-hydrogen) atoms. The molecule has 0 unspecified atom stereocenters. The number of hydrogen-bond acceptors (Lipinski definition) is 5. The van der Waals surface area contributed by atoms with E-state index < -0.39 is 0 Å². The number of carbonyl (C=O) groups is 1. The van der Waals surface area contributed by atoms with Crippen LogP contribution in [0.3, 0.4) is 0 Å². The fraction of sp³-hybridized carbons (Fsp3) is 0.471. The van der Waals surface area contributed by atoms with Crippen molar-refractivity contribution in [1.29, 1.82) is 5.26 Å². The third kappa shape index (κ3) is 3.85. The van der Waals surface area contributed by atoms with Gasteiger partial charge in [-0.1, -0.05) is 36.7 Å². The largest absolute Gasteiger partial charge is 0.431 e. The molecular weight excluding hydrogens is 310 g/mol. The second-order valence-corrected chi connectivity index (χ2v) is 6.76. The fourth-order valence-corrected chi connectivity index (χ4v) is 4.17. The Morgan fingerprint density at radius 3 is 3.04 bits per heavy atom. The van der Waals surface area contributed by atoms with E-state index in [1.54, 1.807) is 11.8 Å². The number of aromatic nitrogens is 1. The van der Waals surface area contributed by atoms with Gasteiger partial charge in [-0.2, -0.15) is 5.26 Å². The first-order valence-electron chi connectivity index (χ1n) is 7.91. The first kappa shape index (κ1) is 15.9. The third-order valence-electron chi connectivity index (χ3n) is 4.28. The zero-order chi connectivity index (χ0) is 16.1. The molecule has 0 aliphatic heterocycles. The lowest BCUT2D eigenvalue weighted by Gasteiger charge is -2.29. The van der Waals surface area contributed by atoms with Gasteiger partial charge in [-0.25, -0.2) is 4.98 Å². The molecule has 1 aromatic carbocycles. The maximum absolute atomic E-state index is 12.2. The number of oxazole rings is 1. The van der Waals surface area contributed by atoms with E-state index in [1.807, 2.05) is 30.3 Å². The van der Waals surface area contributed by atoms with Crippen LogP contribution in [0.25, 0.3) is 11.1 Å². The molecule has 0 spiro atoms. The lowest BCUT2D eigenvalue weighted by molar-refractivity contribution is -0.127. The number of para-hydroxylation sites is 2. The zero-order valence-electron chi connectivity index (χ0n) is 12.8. The maximum atomic E-state index is 12.2. The highest BCUT2D eigenvalue weighted by atomic mass is 32.2. The van der Waals surface area contributed by atoms with Gasteiger partial charge in [-0.3, -0.25) is 4.79 Å². The van der Waals surface area contributed by atoms with Crippen LogP contribution < -0.4 is 5.32 Å². The second kappa shape index (κ2) is 7.51. The van der Waals surface area contributed by atoms with Gasteiger partial charge in [-0.05, 0) is 30.9 Å². The minimum absolute atomic E-state index is 0.00558. The summed E-state index contributed by atoms with van der Waals surface area (Å²) in [5.74, 6) is 1.13. The van der Waals surface area contributed by atoms with E-state index in [0.717, 1.165) is 42.5 Å². The molecule has 1 amide bonds. The molecule has 2 aromatic rings. The SMILES string of the molecule is N#CCNC(=O)[C@@H]1CCCC[C@@H]1CSc1nc2ccccc2o1. The van der Waals surface area contributed by atoms with E-state index in [0.29, 0.717) is 11.1 Å². The summed E-state index contributed by atoms with van der Waals surface area (Å²) < 4.78 is 5.73. The summed E-state index contributed by atoms with van der Waals surface area (Å²) in [6.45, 7) is 0.0837. The molecule has 0 radical (unpaired) electrons. The van der Waals surface area contributed by atoms with Gasteiger partial charge in [0.25, 0.3) is 5.22 Å². The predicted molar refractivity (Wildman–Crippen MR) is 88.8 cm³/mol. The normalized spacial score (nSPS) is 21.0. The molecule has 1 aliphatic rings. The Hall–Kier alpha value is -2.00. The Bertz CT molecular complexity index is 689. The van der Waals surface area contributed by atoms with Gasteiger partial charge in [0.1, 0.15) is 12.1 Å². The molecule has 0 saturated heterocycles. The summed E-state index contributed by atoms with van der Waals surface area (Å²) in [6.07, 6.45) is 4.17. The Kier molecular flexibility index (Phi) is 5.19. The Morgan fingerprint density at radius 1 is 1.39 bits per heavy atom. The molecule has 1 aromatic heterocycles. The fourth-order valence-electron chi connectivity index (χ4n) is 3.10. The van der Waals surface area contributed by atoms with Crippen molar-refractivity contribution in [2.75, 3.05) is 12.3 Å². The highest BCUT2D eigenvalue weighted by Gasteiger charge is 2.31. The van der Waals surface area contributed by atoms with Gasteiger partial charge < -0.3 is 9.73 Å². The van der Waals surface area contributed by atoms with Crippen molar-refractivity contribution >= 4 is 28.8 Å². The highest BCUT2D eigenvalue weighted by molar-refractivity contribution is 7.99. The first-order chi connectivity index (χ1) is 11.3. The van der Waals surface area contributed by atoms with E-state index in [1.165, 1.54) is 0 Å². The quantitative estimate of drug-likeness (QED) is 0.672. The molecule has 120 valence electrons. The van der Waals surface area contributed by atoms with E-state index in [2.05, 4.69) is 10.3 Å². The molecule has 1 N–H and O–H groups in total. The van der Waals surface area contributed by atoms with E-state index in [-0.39, 0.29) is 18.4 Å². The minimum Gasteiger partial charge on any atom is -0.431 e. The van der Waals surface area contributed by atoms with Crippen molar-refractivity contribution in [3.63, 3.8) is 0 Å². The van der Waals surface area contributed by atoms with Gasteiger partial charge in [0, 0.05) is 11.7 Å². The van der Waals surface area contributed by atoms with Gasteiger partial charge >= 0.3 is 0 Å². The van der Waals surface area contributed by atoms with Crippen LogP contribution in [0.15, 0.2) is 33.9 Å². The van der Waals surface area contributed by atoms with Crippen LogP contribution in [-0.2, 0) is 4.79 Å².